The molecule has 0 fully saturated rings. The fraction of sp³-hybridized carbons (Fsp3) is 0.455. The van der Waals surface area contributed by atoms with E-state index in [1.165, 1.54) is 6.07 Å². The third-order valence-electron chi connectivity index (χ3n) is 2.66. The number of sulfone groups is 1. The summed E-state index contributed by atoms with van der Waals surface area (Å²) in [6, 6.07) is 3.06. The van der Waals surface area contributed by atoms with Crippen molar-refractivity contribution in [1.82, 2.24) is 0 Å². The van der Waals surface area contributed by atoms with Crippen LogP contribution in [0.5, 0.6) is 5.75 Å². The summed E-state index contributed by atoms with van der Waals surface area (Å²) in [6.07, 6.45) is 0. The topological polar surface area (TPSA) is 55.4 Å². The Balaban J connectivity index is 2.45. The number of ether oxygens (including phenoxy) is 1. The Kier molecular flexibility index (Phi) is 2.96. The molecular weight excluding hydrogens is 283 g/mol. The predicted molar refractivity (Wildman–Crippen MR) is 62.9 cm³/mol. The number of fused-ring (bicyclic) bond motifs is 1. The zero-order valence-corrected chi connectivity index (χ0v) is 11.0. The third kappa shape index (κ3) is 2.49. The summed E-state index contributed by atoms with van der Waals surface area (Å²) < 4.78 is 65.4. The average molecular weight is 295 g/mol. The van der Waals surface area contributed by atoms with Crippen LogP contribution < -0.4 is 10.1 Å². The Morgan fingerprint density at radius 2 is 1.95 bits per heavy atom. The SMILES string of the molecule is CC1(C)CNc2cc(S(=O)(=O)C(F)(F)F)ccc2O1. The Hall–Kier alpha value is -1.44. The highest BCUT2D eigenvalue weighted by Gasteiger charge is 2.47. The lowest BCUT2D eigenvalue weighted by molar-refractivity contribution is -0.0436. The van der Waals surface area contributed by atoms with Crippen molar-refractivity contribution in [1.29, 1.82) is 0 Å². The molecule has 19 heavy (non-hydrogen) atoms. The van der Waals surface area contributed by atoms with Crippen LogP contribution in [0.3, 0.4) is 0 Å². The summed E-state index contributed by atoms with van der Waals surface area (Å²) >= 11 is 0. The molecule has 0 aromatic heterocycles. The smallest absolute Gasteiger partial charge is 0.484 e. The molecule has 1 N–H and O–H groups in total. The van der Waals surface area contributed by atoms with Crippen molar-refractivity contribution >= 4 is 15.5 Å². The first-order chi connectivity index (χ1) is 8.53. The maximum Gasteiger partial charge on any atom is 0.501 e. The second-order valence-corrected chi connectivity index (χ2v) is 6.76. The van der Waals surface area contributed by atoms with Gasteiger partial charge in [0.25, 0.3) is 9.84 Å². The largest absolute Gasteiger partial charge is 0.501 e. The second-order valence-electron chi connectivity index (χ2n) is 4.82. The van der Waals surface area contributed by atoms with Crippen molar-refractivity contribution in [2.45, 2.75) is 29.9 Å². The van der Waals surface area contributed by atoms with Crippen LogP contribution in [0.1, 0.15) is 13.8 Å². The van der Waals surface area contributed by atoms with E-state index in [-0.39, 0.29) is 5.69 Å². The molecule has 0 radical (unpaired) electrons. The molecule has 1 aromatic rings. The number of anilines is 1. The minimum atomic E-state index is -5.33. The number of hydrogen-bond donors (Lipinski definition) is 1. The molecule has 0 atom stereocenters. The monoisotopic (exact) mass is 295 g/mol. The van der Waals surface area contributed by atoms with E-state index in [4.69, 9.17) is 4.74 Å². The normalized spacial score (nSPS) is 18.2. The van der Waals surface area contributed by atoms with Gasteiger partial charge in [0.2, 0.25) is 0 Å². The highest BCUT2D eigenvalue weighted by Crippen LogP contribution is 2.37. The molecular formula is C11H12F3NO3S. The summed E-state index contributed by atoms with van der Waals surface area (Å²) in [5.41, 5.74) is -5.57. The van der Waals surface area contributed by atoms with Gasteiger partial charge in [0, 0.05) is 0 Å². The van der Waals surface area contributed by atoms with Gasteiger partial charge in [-0.25, -0.2) is 8.42 Å². The lowest BCUT2D eigenvalue weighted by Crippen LogP contribution is -2.40. The Bertz CT molecular complexity index is 608. The number of benzene rings is 1. The first-order valence-electron chi connectivity index (χ1n) is 5.41. The molecule has 0 aliphatic carbocycles. The third-order valence-corrected chi connectivity index (χ3v) is 4.14. The zero-order valence-electron chi connectivity index (χ0n) is 10.2. The summed E-state index contributed by atoms with van der Waals surface area (Å²) in [7, 11) is -5.33. The highest BCUT2D eigenvalue weighted by atomic mass is 32.2. The molecule has 0 amide bonds. The van der Waals surface area contributed by atoms with Crippen molar-refractivity contribution in [2.75, 3.05) is 11.9 Å². The van der Waals surface area contributed by atoms with Gasteiger partial charge < -0.3 is 10.1 Å². The molecule has 4 nitrogen and oxygen atoms in total. The maximum atomic E-state index is 12.4. The Labute approximate surface area is 108 Å². The lowest BCUT2D eigenvalue weighted by Gasteiger charge is -2.33. The van der Waals surface area contributed by atoms with E-state index in [9.17, 15) is 21.6 Å². The highest BCUT2D eigenvalue weighted by molar-refractivity contribution is 7.92. The molecule has 0 bridgehead atoms. The van der Waals surface area contributed by atoms with Crippen molar-refractivity contribution in [2.24, 2.45) is 0 Å². The van der Waals surface area contributed by atoms with E-state index in [1.54, 1.807) is 0 Å². The first-order valence-corrected chi connectivity index (χ1v) is 6.90. The average Bonchev–Trinajstić information content (AvgIpc) is 2.25. The molecule has 1 heterocycles. The van der Waals surface area contributed by atoms with Crippen LogP contribution in [0.2, 0.25) is 0 Å². The zero-order chi connectivity index (χ0) is 14.5. The number of nitrogens with one attached hydrogen (secondary N) is 1. The van der Waals surface area contributed by atoms with Crippen LogP contribution in [0.25, 0.3) is 0 Å². The number of alkyl halides is 3. The van der Waals surface area contributed by atoms with Gasteiger partial charge in [-0.15, -0.1) is 0 Å². The van der Waals surface area contributed by atoms with Crippen molar-refractivity contribution in [3.8, 4) is 5.75 Å². The molecule has 0 saturated heterocycles. The minimum absolute atomic E-state index is 0.240. The number of hydrogen-bond acceptors (Lipinski definition) is 4. The summed E-state index contributed by atoms with van der Waals surface area (Å²) in [4.78, 5) is -0.797. The van der Waals surface area contributed by atoms with Crippen LogP contribution in [0, 0.1) is 0 Å². The number of rotatable bonds is 1. The standard InChI is InChI=1S/C11H12F3NO3S/c1-10(2)6-15-8-5-7(3-4-9(8)18-10)19(16,17)11(12,13)14/h3-5,15H,6H2,1-2H3. The lowest BCUT2D eigenvalue weighted by atomic mass is 10.1. The first kappa shape index (κ1) is 14.0. The summed E-state index contributed by atoms with van der Waals surface area (Å²) in [6.45, 7) is 3.99. The van der Waals surface area contributed by atoms with Crippen molar-refractivity contribution < 1.29 is 26.3 Å². The molecule has 106 valence electrons. The molecule has 8 heteroatoms. The van der Waals surface area contributed by atoms with Crippen LogP contribution in [0.4, 0.5) is 18.9 Å². The van der Waals surface area contributed by atoms with E-state index >= 15 is 0 Å². The number of halogens is 3. The maximum absolute atomic E-state index is 12.4. The summed E-state index contributed by atoms with van der Waals surface area (Å²) in [5, 5.41) is 2.86. The van der Waals surface area contributed by atoms with Gasteiger partial charge in [-0.2, -0.15) is 13.2 Å². The molecule has 0 spiro atoms. The van der Waals surface area contributed by atoms with Crippen molar-refractivity contribution in [3.63, 3.8) is 0 Å². The van der Waals surface area contributed by atoms with Gasteiger partial charge in [-0.05, 0) is 32.0 Å². The van der Waals surface area contributed by atoms with Gasteiger partial charge in [0.15, 0.2) is 0 Å². The van der Waals surface area contributed by atoms with E-state index in [2.05, 4.69) is 5.32 Å². The summed E-state index contributed by atoms with van der Waals surface area (Å²) in [5.74, 6) is 0.331. The van der Waals surface area contributed by atoms with Crippen LogP contribution in [-0.2, 0) is 9.84 Å². The molecule has 0 saturated carbocycles. The fourth-order valence-corrected chi connectivity index (χ4v) is 2.47. The fourth-order valence-electron chi connectivity index (χ4n) is 1.68. The van der Waals surface area contributed by atoms with Gasteiger partial charge >= 0.3 is 5.51 Å². The second kappa shape index (κ2) is 4.03. The molecule has 1 aliphatic heterocycles. The van der Waals surface area contributed by atoms with E-state index in [0.29, 0.717) is 12.3 Å². The van der Waals surface area contributed by atoms with E-state index < -0.39 is 25.8 Å². The predicted octanol–water partition coefficient (Wildman–Crippen LogP) is 2.56. The van der Waals surface area contributed by atoms with E-state index in [0.717, 1.165) is 12.1 Å². The van der Waals surface area contributed by atoms with Crippen LogP contribution in [0.15, 0.2) is 23.1 Å². The Morgan fingerprint density at radius 1 is 1.32 bits per heavy atom. The van der Waals surface area contributed by atoms with Gasteiger partial charge in [-0.3, -0.25) is 0 Å². The van der Waals surface area contributed by atoms with Crippen molar-refractivity contribution in [3.05, 3.63) is 18.2 Å². The van der Waals surface area contributed by atoms with Crippen LogP contribution >= 0.6 is 0 Å². The van der Waals surface area contributed by atoms with Crippen LogP contribution in [-0.4, -0.2) is 26.1 Å². The van der Waals surface area contributed by atoms with E-state index in [1.807, 2.05) is 13.8 Å². The van der Waals surface area contributed by atoms with Gasteiger partial charge in [0.05, 0.1) is 17.1 Å². The quantitative estimate of drug-likeness (QED) is 0.865. The molecule has 0 unspecified atom stereocenters. The molecule has 1 aliphatic rings. The van der Waals surface area contributed by atoms with Gasteiger partial charge in [-0.1, -0.05) is 0 Å². The molecule has 1 aromatic carbocycles. The molecule has 2 rings (SSSR count). The Morgan fingerprint density at radius 3 is 2.53 bits per heavy atom. The van der Waals surface area contributed by atoms with Gasteiger partial charge in [0.1, 0.15) is 11.4 Å². The minimum Gasteiger partial charge on any atom is -0.484 e.